The lowest BCUT2D eigenvalue weighted by Gasteiger charge is -2.22. The van der Waals surface area contributed by atoms with E-state index in [-0.39, 0.29) is 6.04 Å². The second kappa shape index (κ2) is 7.62. The smallest absolute Gasteiger partial charge is 0.124 e. The van der Waals surface area contributed by atoms with Crippen molar-refractivity contribution in [2.24, 2.45) is 0 Å². The van der Waals surface area contributed by atoms with Gasteiger partial charge in [-0.2, -0.15) is 0 Å². The molecule has 0 aliphatic rings. The van der Waals surface area contributed by atoms with Crippen LogP contribution in [0.15, 0.2) is 46.9 Å². The van der Waals surface area contributed by atoms with Gasteiger partial charge in [-0.15, -0.1) is 0 Å². The van der Waals surface area contributed by atoms with Crippen LogP contribution in [0.2, 0.25) is 0 Å². The Morgan fingerprint density at radius 2 is 1.81 bits per heavy atom. The fourth-order valence-corrected chi connectivity index (χ4v) is 2.87. The normalized spacial score (nSPS) is 12.2. The third-order valence-corrected chi connectivity index (χ3v) is 4.13. The minimum Gasteiger partial charge on any atom is -0.496 e. The lowest BCUT2D eigenvalue weighted by molar-refractivity contribution is 0.404. The van der Waals surface area contributed by atoms with Gasteiger partial charge in [0, 0.05) is 10.0 Å². The molecule has 2 rings (SSSR count). The number of nitrogens with one attached hydrogen (secondary N) is 1. The van der Waals surface area contributed by atoms with Gasteiger partial charge in [0.05, 0.1) is 13.2 Å². The average Bonchev–Trinajstić information content (AvgIpc) is 2.53. The van der Waals surface area contributed by atoms with E-state index in [0.29, 0.717) is 0 Å². The Bertz CT molecular complexity index is 580. The molecule has 0 aromatic heterocycles. The number of aryl methyl sites for hydroxylation is 1. The molecule has 2 aromatic carbocycles. The average molecular weight is 348 g/mol. The first kappa shape index (κ1) is 16.1. The van der Waals surface area contributed by atoms with Crippen LogP contribution in [0.25, 0.3) is 0 Å². The van der Waals surface area contributed by atoms with Crippen molar-refractivity contribution >= 4 is 15.9 Å². The maximum atomic E-state index is 5.53. The van der Waals surface area contributed by atoms with Crippen molar-refractivity contribution in [2.45, 2.75) is 26.3 Å². The van der Waals surface area contributed by atoms with Gasteiger partial charge in [0.15, 0.2) is 0 Å². The summed E-state index contributed by atoms with van der Waals surface area (Å²) in [5.74, 6) is 0.906. The van der Waals surface area contributed by atoms with Crippen LogP contribution in [0, 0.1) is 0 Å². The lowest BCUT2D eigenvalue weighted by Crippen LogP contribution is -2.22. The highest BCUT2D eigenvalue weighted by Crippen LogP contribution is 2.32. The summed E-state index contributed by atoms with van der Waals surface area (Å²) in [5.41, 5.74) is 3.76. The standard InChI is InChI=1S/C18H22BrNO/c1-4-13-6-8-14(9-7-13)18(20-5-2)16-12-15(19)10-11-17(16)21-3/h6-12,18,20H,4-5H2,1-3H3. The monoisotopic (exact) mass is 347 g/mol. The Morgan fingerprint density at radius 1 is 1.10 bits per heavy atom. The summed E-state index contributed by atoms with van der Waals surface area (Å²) in [4.78, 5) is 0. The van der Waals surface area contributed by atoms with Crippen molar-refractivity contribution in [3.63, 3.8) is 0 Å². The quantitative estimate of drug-likeness (QED) is 0.816. The molecule has 0 bridgehead atoms. The molecule has 0 spiro atoms. The number of halogens is 1. The molecular weight excluding hydrogens is 326 g/mol. The predicted octanol–water partition coefficient (Wildman–Crippen LogP) is 4.72. The zero-order valence-electron chi connectivity index (χ0n) is 12.8. The summed E-state index contributed by atoms with van der Waals surface area (Å²) in [6.45, 7) is 5.20. The van der Waals surface area contributed by atoms with Crippen molar-refractivity contribution in [1.29, 1.82) is 0 Å². The van der Waals surface area contributed by atoms with Crippen LogP contribution in [0.4, 0.5) is 0 Å². The number of ether oxygens (including phenoxy) is 1. The van der Waals surface area contributed by atoms with Crippen LogP contribution < -0.4 is 10.1 Å². The van der Waals surface area contributed by atoms with Gasteiger partial charge in [-0.3, -0.25) is 0 Å². The molecule has 0 aliphatic heterocycles. The highest BCUT2D eigenvalue weighted by Gasteiger charge is 2.17. The molecule has 1 N–H and O–H groups in total. The molecule has 1 atom stereocenters. The minimum absolute atomic E-state index is 0.133. The van der Waals surface area contributed by atoms with Crippen LogP contribution in [0.1, 0.15) is 36.6 Å². The molecule has 2 aromatic rings. The van der Waals surface area contributed by atoms with Crippen molar-refractivity contribution in [1.82, 2.24) is 5.32 Å². The molecule has 0 aliphatic carbocycles. The zero-order valence-corrected chi connectivity index (χ0v) is 14.4. The van der Waals surface area contributed by atoms with E-state index in [2.05, 4.69) is 65.4 Å². The van der Waals surface area contributed by atoms with Gasteiger partial charge < -0.3 is 10.1 Å². The molecule has 0 fully saturated rings. The van der Waals surface area contributed by atoms with Gasteiger partial charge in [-0.1, -0.05) is 54.0 Å². The first-order chi connectivity index (χ1) is 10.2. The first-order valence-electron chi connectivity index (χ1n) is 7.35. The Morgan fingerprint density at radius 3 is 2.38 bits per heavy atom. The van der Waals surface area contributed by atoms with Crippen LogP contribution in [-0.4, -0.2) is 13.7 Å². The van der Waals surface area contributed by atoms with Crippen LogP contribution >= 0.6 is 15.9 Å². The van der Waals surface area contributed by atoms with E-state index in [1.165, 1.54) is 11.1 Å². The number of rotatable bonds is 6. The SMILES string of the molecule is CCNC(c1ccc(CC)cc1)c1cc(Br)ccc1OC. The van der Waals surface area contributed by atoms with E-state index in [4.69, 9.17) is 4.74 Å². The Kier molecular flexibility index (Phi) is 5.83. The summed E-state index contributed by atoms with van der Waals surface area (Å²) in [6, 6.07) is 15.1. The van der Waals surface area contributed by atoms with E-state index in [0.717, 1.165) is 28.8 Å². The fourth-order valence-electron chi connectivity index (χ4n) is 2.49. The molecule has 112 valence electrons. The van der Waals surface area contributed by atoms with Gasteiger partial charge >= 0.3 is 0 Å². The molecule has 2 nitrogen and oxygen atoms in total. The number of methoxy groups -OCH3 is 1. The number of benzene rings is 2. The van der Waals surface area contributed by atoms with Crippen molar-refractivity contribution in [3.05, 3.63) is 63.6 Å². The molecule has 0 heterocycles. The minimum atomic E-state index is 0.133. The fraction of sp³-hybridized carbons (Fsp3) is 0.333. The molecule has 1 unspecified atom stereocenters. The maximum absolute atomic E-state index is 5.53. The molecular formula is C18H22BrNO. The van der Waals surface area contributed by atoms with E-state index < -0.39 is 0 Å². The lowest BCUT2D eigenvalue weighted by atomic mass is 9.96. The molecule has 3 heteroatoms. The number of hydrogen-bond donors (Lipinski definition) is 1. The second-order valence-electron chi connectivity index (χ2n) is 4.97. The summed E-state index contributed by atoms with van der Waals surface area (Å²) < 4.78 is 6.59. The summed E-state index contributed by atoms with van der Waals surface area (Å²) in [7, 11) is 1.72. The van der Waals surface area contributed by atoms with Gasteiger partial charge in [0.25, 0.3) is 0 Å². The Balaban J connectivity index is 2.44. The maximum Gasteiger partial charge on any atom is 0.124 e. The van der Waals surface area contributed by atoms with Gasteiger partial charge in [0.1, 0.15) is 5.75 Å². The molecule has 0 radical (unpaired) electrons. The zero-order chi connectivity index (χ0) is 15.2. The highest BCUT2D eigenvalue weighted by molar-refractivity contribution is 9.10. The first-order valence-corrected chi connectivity index (χ1v) is 8.14. The van der Waals surface area contributed by atoms with E-state index in [9.17, 15) is 0 Å². The van der Waals surface area contributed by atoms with Crippen molar-refractivity contribution < 1.29 is 4.74 Å². The molecule has 0 saturated heterocycles. The topological polar surface area (TPSA) is 21.3 Å². The second-order valence-corrected chi connectivity index (χ2v) is 5.89. The van der Waals surface area contributed by atoms with E-state index >= 15 is 0 Å². The third-order valence-electron chi connectivity index (χ3n) is 3.63. The van der Waals surface area contributed by atoms with Crippen LogP contribution in [0.3, 0.4) is 0 Å². The van der Waals surface area contributed by atoms with Crippen molar-refractivity contribution in [2.75, 3.05) is 13.7 Å². The van der Waals surface area contributed by atoms with E-state index in [1.54, 1.807) is 7.11 Å². The Hall–Kier alpha value is -1.32. The molecule has 21 heavy (non-hydrogen) atoms. The van der Waals surface area contributed by atoms with Crippen LogP contribution in [-0.2, 0) is 6.42 Å². The predicted molar refractivity (Wildman–Crippen MR) is 92.0 cm³/mol. The van der Waals surface area contributed by atoms with E-state index in [1.807, 2.05) is 12.1 Å². The summed E-state index contributed by atoms with van der Waals surface area (Å²) in [6.07, 6.45) is 1.06. The summed E-state index contributed by atoms with van der Waals surface area (Å²) >= 11 is 3.56. The third kappa shape index (κ3) is 3.86. The summed E-state index contributed by atoms with van der Waals surface area (Å²) in [5, 5.41) is 3.55. The van der Waals surface area contributed by atoms with Gasteiger partial charge in [-0.05, 0) is 42.3 Å². The molecule has 0 saturated carbocycles. The number of hydrogen-bond acceptors (Lipinski definition) is 2. The Labute approximate surface area is 135 Å². The van der Waals surface area contributed by atoms with Crippen molar-refractivity contribution in [3.8, 4) is 5.75 Å². The van der Waals surface area contributed by atoms with Crippen LogP contribution in [0.5, 0.6) is 5.75 Å². The van der Waals surface area contributed by atoms with Gasteiger partial charge in [0.2, 0.25) is 0 Å². The highest BCUT2D eigenvalue weighted by atomic mass is 79.9. The largest absolute Gasteiger partial charge is 0.496 e. The molecule has 0 amide bonds. The van der Waals surface area contributed by atoms with Gasteiger partial charge in [-0.25, -0.2) is 0 Å².